The van der Waals surface area contributed by atoms with Gasteiger partial charge in [-0.15, -0.1) is 0 Å². The molecule has 5 heteroatoms. The average Bonchev–Trinajstić information content (AvgIpc) is 3.28. The number of rotatable bonds is 4. The van der Waals surface area contributed by atoms with E-state index < -0.39 is 0 Å². The molecule has 3 aliphatic rings. The number of carbonyl (C=O) groups excluding carboxylic acids is 1. The van der Waals surface area contributed by atoms with Gasteiger partial charge >= 0.3 is 0 Å². The summed E-state index contributed by atoms with van der Waals surface area (Å²) in [7, 11) is 0. The third-order valence-corrected chi connectivity index (χ3v) is 5.62. The maximum Gasteiger partial charge on any atom is 0.231 e. The first-order valence-corrected chi connectivity index (χ1v) is 8.70. The number of aromatic nitrogens is 1. The second-order valence-corrected chi connectivity index (χ2v) is 6.95. The number of amides is 1. The summed E-state index contributed by atoms with van der Waals surface area (Å²) in [5.74, 6) is 0.307. The van der Waals surface area contributed by atoms with Crippen LogP contribution < -0.4 is 0 Å². The van der Waals surface area contributed by atoms with E-state index in [4.69, 9.17) is 9.47 Å². The van der Waals surface area contributed by atoms with E-state index in [1.807, 2.05) is 23.1 Å². The summed E-state index contributed by atoms with van der Waals surface area (Å²) >= 11 is 0. The lowest BCUT2D eigenvalue weighted by molar-refractivity contribution is -0.143. The molecule has 0 radical (unpaired) electrons. The molecule has 23 heavy (non-hydrogen) atoms. The summed E-state index contributed by atoms with van der Waals surface area (Å²) in [6.45, 7) is 2.77. The van der Waals surface area contributed by atoms with Crippen LogP contribution in [-0.4, -0.2) is 47.7 Å². The van der Waals surface area contributed by atoms with E-state index in [0.717, 1.165) is 50.9 Å². The predicted molar refractivity (Wildman–Crippen MR) is 84.7 cm³/mol. The molecule has 1 amide bonds. The molecule has 5 nitrogen and oxygen atoms in total. The van der Waals surface area contributed by atoms with Crippen LogP contribution in [0.15, 0.2) is 24.4 Å². The summed E-state index contributed by atoms with van der Waals surface area (Å²) in [6, 6.07) is 5.84. The molecule has 0 N–H and O–H groups in total. The SMILES string of the molecule is O=C(N1CCC(OCc2ccccn2)C1)[C@]12CCC[C@H]1OCC2. The zero-order valence-corrected chi connectivity index (χ0v) is 13.4. The summed E-state index contributed by atoms with van der Waals surface area (Å²) < 4.78 is 11.8. The molecule has 3 fully saturated rings. The van der Waals surface area contributed by atoms with Crippen molar-refractivity contribution in [1.82, 2.24) is 9.88 Å². The minimum absolute atomic E-state index is 0.125. The van der Waals surface area contributed by atoms with Gasteiger partial charge in [-0.05, 0) is 44.2 Å². The molecule has 0 aromatic carbocycles. The molecular formula is C18H24N2O3. The Labute approximate surface area is 137 Å². The largest absolute Gasteiger partial charge is 0.377 e. The molecule has 2 saturated heterocycles. The van der Waals surface area contributed by atoms with E-state index in [9.17, 15) is 4.79 Å². The van der Waals surface area contributed by atoms with Crippen LogP contribution in [0.3, 0.4) is 0 Å². The van der Waals surface area contributed by atoms with Crippen LogP contribution in [-0.2, 0) is 20.9 Å². The van der Waals surface area contributed by atoms with Crippen molar-refractivity contribution in [2.45, 2.75) is 50.9 Å². The van der Waals surface area contributed by atoms with Crippen molar-refractivity contribution < 1.29 is 14.3 Å². The van der Waals surface area contributed by atoms with Gasteiger partial charge in [0.05, 0.1) is 29.9 Å². The number of hydrogen-bond donors (Lipinski definition) is 0. The monoisotopic (exact) mass is 316 g/mol. The third kappa shape index (κ3) is 2.76. The number of pyridine rings is 1. The summed E-state index contributed by atoms with van der Waals surface area (Å²) in [5, 5.41) is 0. The molecule has 1 saturated carbocycles. The lowest BCUT2D eigenvalue weighted by Crippen LogP contribution is -2.45. The molecule has 1 unspecified atom stereocenters. The Hall–Kier alpha value is -1.46. The molecular weight excluding hydrogens is 292 g/mol. The first-order chi connectivity index (χ1) is 11.3. The van der Waals surface area contributed by atoms with Crippen molar-refractivity contribution in [1.29, 1.82) is 0 Å². The maximum atomic E-state index is 13.0. The standard InChI is InChI=1S/C18H24N2O3/c21-17(18-7-3-5-16(18)22-11-8-18)20-10-6-15(12-20)23-13-14-4-1-2-9-19-14/h1-2,4,9,15-16H,3,5-8,10-13H2/t15?,16-,18+/m1/s1. The fraction of sp³-hybridized carbons (Fsp3) is 0.667. The average molecular weight is 316 g/mol. The Bertz CT molecular complexity index is 553. The van der Waals surface area contributed by atoms with Crippen molar-refractivity contribution in [2.75, 3.05) is 19.7 Å². The fourth-order valence-electron chi connectivity index (χ4n) is 4.35. The van der Waals surface area contributed by atoms with Crippen LogP contribution in [0.5, 0.6) is 0 Å². The van der Waals surface area contributed by atoms with Crippen LogP contribution in [0.4, 0.5) is 0 Å². The lowest BCUT2D eigenvalue weighted by atomic mass is 9.81. The zero-order chi connectivity index (χ0) is 15.7. The minimum Gasteiger partial charge on any atom is -0.377 e. The van der Waals surface area contributed by atoms with E-state index in [2.05, 4.69) is 4.98 Å². The van der Waals surface area contributed by atoms with Crippen LogP contribution in [0.25, 0.3) is 0 Å². The van der Waals surface area contributed by atoms with E-state index in [1.165, 1.54) is 0 Å². The van der Waals surface area contributed by atoms with Gasteiger partial charge in [0.25, 0.3) is 0 Å². The molecule has 0 bridgehead atoms. The van der Waals surface area contributed by atoms with Gasteiger partial charge in [0.2, 0.25) is 5.91 Å². The van der Waals surface area contributed by atoms with Crippen LogP contribution >= 0.6 is 0 Å². The maximum absolute atomic E-state index is 13.0. The van der Waals surface area contributed by atoms with Gasteiger partial charge in [0.1, 0.15) is 0 Å². The molecule has 1 aliphatic carbocycles. The van der Waals surface area contributed by atoms with Gasteiger partial charge < -0.3 is 14.4 Å². The molecule has 1 aromatic rings. The van der Waals surface area contributed by atoms with Gasteiger partial charge in [-0.25, -0.2) is 0 Å². The molecule has 4 rings (SSSR count). The lowest BCUT2D eigenvalue weighted by Gasteiger charge is -2.31. The number of hydrogen-bond acceptors (Lipinski definition) is 4. The molecule has 0 spiro atoms. The number of fused-ring (bicyclic) bond motifs is 1. The van der Waals surface area contributed by atoms with Crippen molar-refractivity contribution in [2.24, 2.45) is 5.41 Å². The first-order valence-electron chi connectivity index (χ1n) is 8.70. The predicted octanol–water partition coefficient (Wildman–Crippen LogP) is 2.16. The van der Waals surface area contributed by atoms with E-state index in [0.29, 0.717) is 19.1 Å². The topological polar surface area (TPSA) is 51.7 Å². The van der Waals surface area contributed by atoms with Crippen LogP contribution in [0.1, 0.15) is 37.8 Å². The number of nitrogens with zero attached hydrogens (tertiary/aromatic N) is 2. The third-order valence-electron chi connectivity index (χ3n) is 5.62. The molecule has 124 valence electrons. The highest BCUT2D eigenvalue weighted by molar-refractivity contribution is 5.84. The van der Waals surface area contributed by atoms with Gasteiger partial charge in [-0.2, -0.15) is 0 Å². The molecule has 3 atom stereocenters. The fourth-order valence-corrected chi connectivity index (χ4v) is 4.35. The molecule has 3 heterocycles. The van der Waals surface area contributed by atoms with E-state index in [-0.39, 0.29) is 17.6 Å². The Balaban J connectivity index is 1.34. The number of carbonyl (C=O) groups is 1. The second-order valence-electron chi connectivity index (χ2n) is 6.95. The molecule has 2 aliphatic heterocycles. The second kappa shape index (κ2) is 6.21. The van der Waals surface area contributed by atoms with Crippen molar-refractivity contribution in [3.05, 3.63) is 30.1 Å². The van der Waals surface area contributed by atoms with E-state index >= 15 is 0 Å². The highest BCUT2D eigenvalue weighted by atomic mass is 16.5. The summed E-state index contributed by atoms with van der Waals surface area (Å²) in [4.78, 5) is 19.3. The zero-order valence-electron chi connectivity index (χ0n) is 13.4. The quantitative estimate of drug-likeness (QED) is 0.854. The van der Waals surface area contributed by atoms with Crippen LogP contribution in [0.2, 0.25) is 0 Å². The van der Waals surface area contributed by atoms with Gasteiger partial charge in [0, 0.05) is 25.9 Å². The Morgan fingerprint density at radius 2 is 2.35 bits per heavy atom. The van der Waals surface area contributed by atoms with Gasteiger partial charge in [0.15, 0.2) is 0 Å². The van der Waals surface area contributed by atoms with Crippen molar-refractivity contribution >= 4 is 5.91 Å². The Morgan fingerprint density at radius 3 is 3.22 bits per heavy atom. The first kappa shape index (κ1) is 15.1. The molecule has 1 aromatic heterocycles. The van der Waals surface area contributed by atoms with Crippen LogP contribution in [0, 0.1) is 5.41 Å². The minimum atomic E-state index is -0.226. The number of ether oxygens (including phenoxy) is 2. The van der Waals surface area contributed by atoms with Gasteiger partial charge in [-0.3, -0.25) is 9.78 Å². The van der Waals surface area contributed by atoms with Crippen molar-refractivity contribution in [3.63, 3.8) is 0 Å². The Kier molecular flexibility index (Phi) is 4.07. The smallest absolute Gasteiger partial charge is 0.231 e. The van der Waals surface area contributed by atoms with Gasteiger partial charge in [-0.1, -0.05) is 6.07 Å². The van der Waals surface area contributed by atoms with E-state index in [1.54, 1.807) is 6.20 Å². The normalized spacial score (nSPS) is 33.1. The highest BCUT2D eigenvalue weighted by Crippen LogP contribution is 2.49. The summed E-state index contributed by atoms with van der Waals surface area (Å²) in [6.07, 6.45) is 7.02. The Morgan fingerprint density at radius 1 is 1.39 bits per heavy atom. The number of likely N-dealkylation sites (tertiary alicyclic amines) is 1. The summed E-state index contributed by atoms with van der Waals surface area (Å²) in [5.41, 5.74) is 0.714. The van der Waals surface area contributed by atoms with Crippen molar-refractivity contribution in [3.8, 4) is 0 Å². The highest BCUT2D eigenvalue weighted by Gasteiger charge is 2.54.